The number of hydrogen-bond donors (Lipinski definition) is 2. The van der Waals surface area contributed by atoms with Crippen molar-refractivity contribution in [3.63, 3.8) is 0 Å². The van der Waals surface area contributed by atoms with Gasteiger partial charge in [0.2, 0.25) is 0 Å². The minimum atomic E-state index is 0.259. The molecular formula is C7H18N2. The van der Waals surface area contributed by atoms with Crippen LogP contribution >= 0.6 is 0 Å². The predicted octanol–water partition coefficient (Wildman–Crippen LogP) is 0.564. The van der Waals surface area contributed by atoms with Crippen molar-refractivity contribution >= 4 is 0 Å². The first kappa shape index (κ1) is 8.92. The molecule has 0 aromatic heterocycles. The highest BCUT2D eigenvalue weighted by Gasteiger charge is 2.13. The molecular weight excluding hydrogens is 112 g/mol. The molecule has 0 radical (unpaired) electrons. The van der Waals surface area contributed by atoms with Crippen molar-refractivity contribution in [2.24, 2.45) is 23.3 Å². The molecule has 2 atom stereocenters. The van der Waals surface area contributed by atoms with E-state index < -0.39 is 0 Å². The number of rotatable bonds is 3. The van der Waals surface area contributed by atoms with Gasteiger partial charge in [0.1, 0.15) is 0 Å². The van der Waals surface area contributed by atoms with E-state index >= 15 is 0 Å². The second kappa shape index (κ2) is 3.85. The molecule has 0 amide bonds. The topological polar surface area (TPSA) is 52.0 Å². The van der Waals surface area contributed by atoms with Crippen LogP contribution in [0.1, 0.15) is 20.8 Å². The fourth-order valence-corrected chi connectivity index (χ4v) is 0.814. The average molecular weight is 130 g/mol. The fraction of sp³-hybridized carbons (Fsp3) is 1.00. The SMILES string of the molecule is CC(C)C(N)C(C)CN. The summed E-state index contributed by atoms with van der Waals surface area (Å²) in [6, 6.07) is 0.259. The Bertz CT molecular complexity index is 71.3. The zero-order valence-corrected chi connectivity index (χ0v) is 6.59. The molecule has 0 bridgehead atoms. The summed E-state index contributed by atoms with van der Waals surface area (Å²) in [4.78, 5) is 0. The molecule has 0 rings (SSSR count). The molecule has 0 aromatic rings. The van der Waals surface area contributed by atoms with Gasteiger partial charge in [0.15, 0.2) is 0 Å². The van der Waals surface area contributed by atoms with Crippen LogP contribution in [0, 0.1) is 11.8 Å². The van der Waals surface area contributed by atoms with E-state index in [0.717, 1.165) is 0 Å². The highest BCUT2D eigenvalue weighted by Crippen LogP contribution is 2.07. The van der Waals surface area contributed by atoms with Crippen molar-refractivity contribution in [3.8, 4) is 0 Å². The molecule has 2 unspecified atom stereocenters. The van der Waals surface area contributed by atoms with Crippen LogP contribution in [0.5, 0.6) is 0 Å². The Morgan fingerprint density at radius 2 is 1.67 bits per heavy atom. The Hall–Kier alpha value is -0.0800. The summed E-state index contributed by atoms with van der Waals surface area (Å²) in [5.41, 5.74) is 11.2. The lowest BCUT2D eigenvalue weighted by molar-refractivity contribution is 0.370. The van der Waals surface area contributed by atoms with Crippen molar-refractivity contribution < 1.29 is 0 Å². The van der Waals surface area contributed by atoms with Gasteiger partial charge in [-0.15, -0.1) is 0 Å². The first-order valence-corrected chi connectivity index (χ1v) is 3.55. The largest absolute Gasteiger partial charge is 0.330 e. The molecule has 0 aliphatic heterocycles. The summed E-state index contributed by atoms with van der Waals surface area (Å²) in [5, 5.41) is 0. The maximum atomic E-state index is 5.79. The van der Waals surface area contributed by atoms with Crippen LogP contribution in [0.3, 0.4) is 0 Å². The average Bonchev–Trinajstić information content (AvgIpc) is 1.84. The molecule has 0 spiro atoms. The fourth-order valence-electron chi connectivity index (χ4n) is 0.814. The number of nitrogens with two attached hydrogens (primary N) is 2. The van der Waals surface area contributed by atoms with Gasteiger partial charge in [-0.2, -0.15) is 0 Å². The molecule has 0 saturated heterocycles. The Morgan fingerprint density at radius 3 is 1.78 bits per heavy atom. The first-order valence-electron chi connectivity index (χ1n) is 3.55. The summed E-state index contributed by atoms with van der Waals surface area (Å²) >= 11 is 0. The Morgan fingerprint density at radius 1 is 1.22 bits per heavy atom. The molecule has 56 valence electrons. The zero-order valence-electron chi connectivity index (χ0n) is 6.59. The van der Waals surface area contributed by atoms with E-state index in [2.05, 4.69) is 20.8 Å². The third-order valence-electron chi connectivity index (χ3n) is 1.80. The normalized spacial score (nSPS) is 18.0. The standard InChI is InChI=1S/C7H18N2/c1-5(2)7(9)6(3)4-8/h5-7H,4,8-9H2,1-3H3. The molecule has 0 aromatic carbocycles. The van der Waals surface area contributed by atoms with Gasteiger partial charge >= 0.3 is 0 Å². The van der Waals surface area contributed by atoms with Gasteiger partial charge < -0.3 is 11.5 Å². The summed E-state index contributed by atoms with van der Waals surface area (Å²) < 4.78 is 0. The van der Waals surface area contributed by atoms with Gasteiger partial charge in [-0.3, -0.25) is 0 Å². The molecule has 0 aliphatic rings. The lowest BCUT2D eigenvalue weighted by Crippen LogP contribution is -2.37. The molecule has 2 nitrogen and oxygen atoms in total. The van der Waals surface area contributed by atoms with Crippen LogP contribution in [0.15, 0.2) is 0 Å². The van der Waals surface area contributed by atoms with Crippen molar-refractivity contribution in [2.75, 3.05) is 6.54 Å². The Labute approximate surface area is 57.6 Å². The van der Waals surface area contributed by atoms with Crippen LogP contribution in [-0.2, 0) is 0 Å². The third kappa shape index (κ3) is 2.82. The number of hydrogen-bond acceptors (Lipinski definition) is 2. The van der Waals surface area contributed by atoms with Crippen LogP contribution < -0.4 is 11.5 Å². The van der Waals surface area contributed by atoms with E-state index in [1.807, 2.05) is 0 Å². The summed E-state index contributed by atoms with van der Waals surface area (Å²) in [7, 11) is 0. The lowest BCUT2D eigenvalue weighted by atomic mass is 9.93. The Balaban J connectivity index is 3.58. The van der Waals surface area contributed by atoms with Crippen LogP contribution in [0.25, 0.3) is 0 Å². The van der Waals surface area contributed by atoms with E-state index in [9.17, 15) is 0 Å². The van der Waals surface area contributed by atoms with Crippen molar-refractivity contribution in [2.45, 2.75) is 26.8 Å². The van der Waals surface area contributed by atoms with Crippen molar-refractivity contribution in [1.29, 1.82) is 0 Å². The molecule has 0 saturated carbocycles. The molecule has 9 heavy (non-hydrogen) atoms. The van der Waals surface area contributed by atoms with Crippen molar-refractivity contribution in [1.82, 2.24) is 0 Å². The molecule has 0 heterocycles. The molecule has 4 N–H and O–H groups in total. The van der Waals surface area contributed by atoms with Gasteiger partial charge in [-0.05, 0) is 18.4 Å². The van der Waals surface area contributed by atoms with E-state index in [1.54, 1.807) is 0 Å². The highest BCUT2D eigenvalue weighted by atomic mass is 14.7. The molecule has 2 heteroatoms. The van der Waals surface area contributed by atoms with E-state index in [1.165, 1.54) is 0 Å². The maximum Gasteiger partial charge on any atom is 0.00997 e. The van der Waals surface area contributed by atoms with Gasteiger partial charge in [0, 0.05) is 6.04 Å². The van der Waals surface area contributed by atoms with Crippen LogP contribution in [0.4, 0.5) is 0 Å². The maximum absolute atomic E-state index is 5.79. The summed E-state index contributed by atoms with van der Waals surface area (Å²) in [6.07, 6.45) is 0. The quantitative estimate of drug-likeness (QED) is 0.586. The highest BCUT2D eigenvalue weighted by molar-refractivity contribution is 4.72. The zero-order chi connectivity index (χ0) is 7.44. The van der Waals surface area contributed by atoms with Crippen LogP contribution in [0.2, 0.25) is 0 Å². The monoisotopic (exact) mass is 130 g/mol. The van der Waals surface area contributed by atoms with E-state index in [-0.39, 0.29) is 6.04 Å². The minimum absolute atomic E-state index is 0.259. The Kier molecular flexibility index (Phi) is 3.82. The van der Waals surface area contributed by atoms with Gasteiger partial charge in [-0.25, -0.2) is 0 Å². The smallest absolute Gasteiger partial charge is 0.00997 e. The van der Waals surface area contributed by atoms with Gasteiger partial charge in [-0.1, -0.05) is 20.8 Å². The third-order valence-corrected chi connectivity index (χ3v) is 1.80. The summed E-state index contributed by atoms with van der Waals surface area (Å²) in [6.45, 7) is 7.03. The molecule has 0 aliphatic carbocycles. The predicted molar refractivity (Wildman–Crippen MR) is 41.0 cm³/mol. The van der Waals surface area contributed by atoms with Crippen LogP contribution in [-0.4, -0.2) is 12.6 Å². The van der Waals surface area contributed by atoms with Crippen molar-refractivity contribution in [3.05, 3.63) is 0 Å². The second-order valence-corrected chi connectivity index (χ2v) is 3.03. The van der Waals surface area contributed by atoms with E-state index in [4.69, 9.17) is 11.5 Å². The minimum Gasteiger partial charge on any atom is -0.330 e. The van der Waals surface area contributed by atoms with E-state index in [0.29, 0.717) is 18.4 Å². The summed E-state index contributed by atoms with van der Waals surface area (Å²) in [5.74, 6) is 0.994. The lowest BCUT2D eigenvalue weighted by Gasteiger charge is -2.21. The van der Waals surface area contributed by atoms with Gasteiger partial charge in [0.25, 0.3) is 0 Å². The molecule has 0 fully saturated rings. The van der Waals surface area contributed by atoms with Gasteiger partial charge in [0.05, 0.1) is 0 Å². The second-order valence-electron chi connectivity index (χ2n) is 3.03. The first-order chi connectivity index (χ1) is 4.09.